The second-order valence-corrected chi connectivity index (χ2v) is 23.7. The SMILES string of the molecule is CCCCCCCC/C=C/CCCCCCCCCCCC(=O)NC(COP(=O)(O)OCC[N+](C)(C)C)C(/C=C/CCCCCCCCCCC)OC(=O)CCCCCCCCCCCCCCCCC. The molecule has 420 valence electrons. The van der Waals surface area contributed by atoms with Gasteiger partial charge in [-0.15, -0.1) is 0 Å². The molecule has 0 aromatic heterocycles. The summed E-state index contributed by atoms with van der Waals surface area (Å²) in [6.45, 7) is 7.04. The van der Waals surface area contributed by atoms with Gasteiger partial charge in [-0.1, -0.05) is 257 Å². The van der Waals surface area contributed by atoms with Crippen LogP contribution < -0.4 is 5.32 Å². The van der Waals surface area contributed by atoms with Crippen molar-refractivity contribution in [1.82, 2.24) is 5.32 Å². The van der Waals surface area contributed by atoms with Gasteiger partial charge < -0.3 is 19.4 Å². The summed E-state index contributed by atoms with van der Waals surface area (Å²) in [5.74, 6) is -0.493. The zero-order chi connectivity index (χ0) is 52.2. The molecular formula is C61H120N2O7P+. The molecule has 2 N–H and O–H groups in total. The standard InChI is InChI=1S/C61H119N2O7P/c1-7-10-13-16-19-22-25-27-29-30-31-32-34-35-38-41-44-47-50-53-60(64)62-58(57-69-71(66,67)68-56-55-63(4,5)6)59(52-49-46-43-40-37-24-21-18-15-12-9-3)70-61(65)54-51-48-45-42-39-36-33-28-26-23-20-17-14-11-8-2/h27,29,49,52,58-59H,7-26,28,30-48,50-51,53-57H2,1-6H3,(H-,62,64,66,67)/p+1/b29-27+,52-49+. The Morgan fingerprint density at radius 2 is 0.817 bits per heavy atom. The number of carbonyl (C=O) groups is 2. The third-order valence-corrected chi connectivity index (χ3v) is 14.9. The smallest absolute Gasteiger partial charge is 0.456 e. The Morgan fingerprint density at radius 1 is 0.479 bits per heavy atom. The molecule has 0 radical (unpaired) electrons. The van der Waals surface area contributed by atoms with Crippen molar-refractivity contribution in [2.45, 2.75) is 315 Å². The first kappa shape index (κ1) is 69.5. The molecule has 0 aliphatic heterocycles. The molecule has 0 heterocycles. The van der Waals surface area contributed by atoms with E-state index in [2.05, 4.69) is 38.2 Å². The molecule has 0 fully saturated rings. The van der Waals surface area contributed by atoms with Gasteiger partial charge in [-0.3, -0.25) is 18.6 Å². The van der Waals surface area contributed by atoms with Gasteiger partial charge in [0.05, 0.1) is 33.8 Å². The summed E-state index contributed by atoms with van der Waals surface area (Å²) >= 11 is 0. The fraction of sp³-hybridized carbons (Fsp3) is 0.902. The predicted molar refractivity (Wildman–Crippen MR) is 305 cm³/mol. The third kappa shape index (κ3) is 53.1. The van der Waals surface area contributed by atoms with Crippen molar-refractivity contribution in [2.75, 3.05) is 40.9 Å². The van der Waals surface area contributed by atoms with E-state index in [4.69, 9.17) is 13.8 Å². The first-order valence-electron chi connectivity index (χ1n) is 30.7. The number of nitrogens with one attached hydrogen (secondary N) is 1. The fourth-order valence-corrected chi connectivity index (χ4v) is 9.85. The first-order valence-corrected chi connectivity index (χ1v) is 32.2. The zero-order valence-corrected chi connectivity index (χ0v) is 48.9. The molecular weight excluding hydrogens is 904 g/mol. The Morgan fingerprint density at radius 3 is 1.20 bits per heavy atom. The molecule has 1 amide bonds. The van der Waals surface area contributed by atoms with Crippen molar-refractivity contribution in [2.24, 2.45) is 0 Å². The second-order valence-electron chi connectivity index (χ2n) is 22.2. The van der Waals surface area contributed by atoms with E-state index in [9.17, 15) is 19.0 Å². The van der Waals surface area contributed by atoms with Crippen LogP contribution in [0.3, 0.4) is 0 Å². The fourth-order valence-electron chi connectivity index (χ4n) is 9.11. The number of esters is 1. The number of phosphoric acid groups is 1. The number of likely N-dealkylation sites (N-methyl/N-ethyl adjacent to an activating group) is 1. The number of ether oxygens (including phenoxy) is 1. The van der Waals surface area contributed by atoms with Gasteiger partial charge in [-0.05, 0) is 57.4 Å². The average Bonchev–Trinajstić information content (AvgIpc) is 3.33. The molecule has 3 atom stereocenters. The lowest BCUT2D eigenvalue weighted by atomic mass is 10.0. The number of unbranched alkanes of at least 4 members (excludes halogenated alkanes) is 38. The topological polar surface area (TPSA) is 111 Å². The van der Waals surface area contributed by atoms with Crippen LogP contribution in [0.25, 0.3) is 0 Å². The van der Waals surface area contributed by atoms with Crippen LogP contribution in [-0.4, -0.2) is 74.3 Å². The van der Waals surface area contributed by atoms with Gasteiger partial charge in [0, 0.05) is 12.8 Å². The van der Waals surface area contributed by atoms with Crippen LogP contribution in [0.5, 0.6) is 0 Å². The number of allylic oxidation sites excluding steroid dienone is 3. The molecule has 0 aromatic carbocycles. The van der Waals surface area contributed by atoms with Gasteiger partial charge >= 0.3 is 13.8 Å². The van der Waals surface area contributed by atoms with E-state index in [0.29, 0.717) is 23.9 Å². The summed E-state index contributed by atoms with van der Waals surface area (Å²) in [4.78, 5) is 37.6. The van der Waals surface area contributed by atoms with Crippen LogP contribution in [-0.2, 0) is 27.9 Å². The Kier molecular flexibility index (Phi) is 50.8. The van der Waals surface area contributed by atoms with E-state index in [-0.39, 0.29) is 25.1 Å². The van der Waals surface area contributed by atoms with Gasteiger partial charge in [0.1, 0.15) is 19.3 Å². The van der Waals surface area contributed by atoms with E-state index >= 15 is 0 Å². The number of nitrogens with zero attached hydrogens (tertiary/aromatic N) is 1. The van der Waals surface area contributed by atoms with Crippen LogP contribution in [0, 0.1) is 0 Å². The number of hydrogen-bond donors (Lipinski definition) is 2. The minimum Gasteiger partial charge on any atom is -0.456 e. The summed E-state index contributed by atoms with van der Waals surface area (Å²) in [5, 5.41) is 3.06. The highest BCUT2D eigenvalue weighted by molar-refractivity contribution is 7.47. The number of amides is 1. The summed E-state index contributed by atoms with van der Waals surface area (Å²) in [6, 6.07) is -0.842. The van der Waals surface area contributed by atoms with E-state index in [0.717, 1.165) is 57.8 Å². The monoisotopic (exact) mass is 1020 g/mol. The highest BCUT2D eigenvalue weighted by Gasteiger charge is 2.30. The molecule has 0 aromatic rings. The van der Waals surface area contributed by atoms with Crippen molar-refractivity contribution >= 4 is 19.7 Å². The van der Waals surface area contributed by atoms with Crippen molar-refractivity contribution in [1.29, 1.82) is 0 Å². The minimum atomic E-state index is -4.44. The Bertz CT molecular complexity index is 1270. The Labute approximate surface area is 441 Å². The van der Waals surface area contributed by atoms with E-state index in [1.54, 1.807) is 0 Å². The molecule has 3 unspecified atom stereocenters. The maximum Gasteiger partial charge on any atom is 0.472 e. The van der Waals surface area contributed by atoms with Crippen molar-refractivity contribution < 1.29 is 37.3 Å². The largest absolute Gasteiger partial charge is 0.472 e. The van der Waals surface area contributed by atoms with Crippen LogP contribution >= 0.6 is 7.82 Å². The zero-order valence-electron chi connectivity index (χ0n) is 48.0. The van der Waals surface area contributed by atoms with E-state index in [1.165, 1.54) is 212 Å². The number of rotatable bonds is 56. The second kappa shape index (κ2) is 52.0. The third-order valence-electron chi connectivity index (χ3n) is 13.9. The van der Waals surface area contributed by atoms with Crippen LogP contribution in [0.4, 0.5) is 0 Å². The maximum absolute atomic E-state index is 13.5. The summed E-state index contributed by atoms with van der Waals surface area (Å²) in [7, 11) is 1.51. The Hall–Kier alpha value is -1.51. The quantitative estimate of drug-likeness (QED) is 0.0205. The highest BCUT2D eigenvalue weighted by Crippen LogP contribution is 2.43. The van der Waals surface area contributed by atoms with Crippen LogP contribution in [0.2, 0.25) is 0 Å². The minimum absolute atomic E-state index is 0.0433. The van der Waals surface area contributed by atoms with Crippen molar-refractivity contribution in [3.05, 3.63) is 24.3 Å². The van der Waals surface area contributed by atoms with Gasteiger partial charge in [0.25, 0.3) is 0 Å². The van der Waals surface area contributed by atoms with Gasteiger partial charge in [-0.2, -0.15) is 0 Å². The number of carbonyl (C=O) groups excluding carboxylic acids is 2. The molecule has 9 nitrogen and oxygen atoms in total. The molecule has 10 heteroatoms. The van der Waals surface area contributed by atoms with Crippen molar-refractivity contribution in [3.63, 3.8) is 0 Å². The lowest BCUT2D eigenvalue weighted by molar-refractivity contribution is -0.870. The van der Waals surface area contributed by atoms with Crippen LogP contribution in [0.1, 0.15) is 303 Å². The summed E-state index contributed by atoms with van der Waals surface area (Å²) < 4.78 is 30.7. The number of phosphoric ester groups is 1. The van der Waals surface area contributed by atoms with Crippen LogP contribution in [0.15, 0.2) is 24.3 Å². The normalized spacial score (nSPS) is 13.8. The lowest BCUT2D eigenvalue weighted by Gasteiger charge is -2.27. The molecule has 0 aliphatic rings. The van der Waals surface area contributed by atoms with Gasteiger partial charge in [0.2, 0.25) is 5.91 Å². The predicted octanol–water partition coefficient (Wildman–Crippen LogP) is 18.6. The molecule has 0 spiro atoms. The summed E-state index contributed by atoms with van der Waals surface area (Å²) in [5.41, 5.74) is 0. The molecule has 0 saturated heterocycles. The molecule has 0 rings (SSSR count). The van der Waals surface area contributed by atoms with Gasteiger partial charge in [0.15, 0.2) is 0 Å². The number of quaternary nitrogens is 1. The molecule has 0 saturated carbocycles. The highest BCUT2D eigenvalue weighted by atomic mass is 31.2. The van der Waals surface area contributed by atoms with E-state index < -0.39 is 20.0 Å². The van der Waals surface area contributed by atoms with E-state index in [1.807, 2.05) is 33.3 Å². The average molecular weight is 1020 g/mol. The molecule has 0 bridgehead atoms. The molecule has 0 aliphatic carbocycles. The Balaban J connectivity index is 5.20. The first-order chi connectivity index (χ1) is 34.4. The maximum atomic E-state index is 13.5. The molecule has 71 heavy (non-hydrogen) atoms. The summed E-state index contributed by atoms with van der Waals surface area (Å²) in [6.07, 6.45) is 60.2. The lowest BCUT2D eigenvalue weighted by Crippen LogP contribution is -2.47. The van der Waals surface area contributed by atoms with Gasteiger partial charge in [-0.25, -0.2) is 4.57 Å². The van der Waals surface area contributed by atoms with Crippen molar-refractivity contribution in [3.8, 4) is 0 Å². The number of hydrogen-bond acceptors (Lipinski definition) is 6.